The lowest BCUT2D eigenvalue weighted by Crippen LogP contribution is -2.46. The number of benzene rings is 1. The topological polar surface area (TPSA) is 56.8 Å². The number of carbonyl (C=O) groups is 1. The zero-order valence-corrected chi connectivity index (χ0v) is 15.3. The Labute approximate surface area is 147 Å². The molecule has 1 aromatic rings. The van der Waals surface area contributed by atoms with Crippen LogP contribution in [0.4, 0.5) is 0 Å². The number of hydrogen-bond donors (Lipinski definition) is 1. The van der Waals surface area contributed by atoms with Crippen LogP contribution < -0.4 is 14.8 Å². The number of hydrogen-bond acceptors (Lipinski definition) is 4. The maximum absolute atomic E-state index is 12.7. The summed E-state index contributed by atoms with van der Waals surface area (Å²) in [6.45, 7) is 9.16. The van der Waals surface area contributed by atoms with Crippen LogP contribution in [0.5, 0.6) is 11.5 Å². The van der Waals surface area contributed by atoms with Crippen molar-refractivity contribution in [2.45, 2.75) is 57.8 Å². The van der Waals surface area contributed by atoms with Crippen molar-refractivity contribution in [2.75, 3.05) is 13.2 Å². The standard InChI is InChI=1S/C18H24ClNO4/c1-17(2)10-14(18(3,4)24-17)20-16(21)11-8-12(19)15-13(9-11)22-6-5-7-23-15/h8-9,14H,5-7,10H2,1-4H3,(H,20,21)/t14-/m1/s1. The minimum Gasteiger partial charge on any atom is -0.489 e. The van der Waals surface area contributed by atoms with Gasteiger partial charge in [-0.3, -0.25) is 4.79 Å². The highest BCUT2D eigenvalue weighted by Gasteiger charge is 2.46. The van der Waals surface area contributed by atoms with Gasteiger partial charge < -0.3 is 19.5 Å². The Balaban J connectivity index is 1.81. The normalized spacial score (nSPS) is 24.3. The maximum atomic E-state index is 12.7. The van der Waals surface area contributed by atoms with Crippen molar-refractivity contribution in [3.8, 4) is 11.5 Å². The highest BCUT2D eigenvalue weighted by molar-refractivity contribution is 6.32. The third-order valence-electron chi connectivity index (χ3n) is 4.44. The summed E-state index contributed by atoms with van der Waals surface area (Å²) >= 11 is 6.27. The van der Waals surface area contributed by atoms with Gasteiger partial charge >= 0.3 is 0 Å². The van der Waals surface area contributed by atoms with E-state index >= 15 is 0 Å². The van der Waals surface area contributed by atoms with Gasteiger partial charge in [-0.05, 0) is 46.2 Å². The molecular weight excluding hydrogens is 330 g/mol. The first-order valence-electron chi connectivity index (χ1n) is 8.28. The first kappa shape index (κ1) is 17.4. The molecule has 1 amide bonds. The Morgan fingerprint density at radius 2 is 1.92 bits per heavy atom. The lowest BCUT2D eigenvalue weighted by molar-refractivity contribution is -0.0693. The summed E-state index contributed by atoms with van der Waals surface area (Å²) in [5.74, 6) is 0.843. The molecule has 1 atom stereocenters. The number of amides is 1. The molecule has 0 spiro atoms. The van der Waals surface area contributed by atoms with Crippen molar-refractivity contribution < 1.29 is 19.0 Å². The minimum atomic E-state index is -0.422. The summed E-state index contributed by atoms with van der Waals surface area (Å²) in [6, 6.07) is 3.24. The molecule has 2 heterocycles. The number of fused-ring (bicyclic) bond motifs is 1. The Bertz CT molecular complexity index is 657. The van der Waals surface area contributed by atoms with Gasteiger partial charge in [-0.2, -0.15) is 0 Å². The van der Waals surface area contributed by atoms with E-state index in [1.807, 2.05) is 27.7 Å². The SMILES string of the molecule is CC1(C)C[C@@H](NC(=O)c2cc(Cl)c3c(c2)OCCCO3)C(C)(C)O1. The van der Waals surface area contributed by atoms with E-state index in [-0.39, 0.29) is 17.6 Å². The maximum Gasteiger partial charge on any atom is 0.251 e. The van der Waals surface area contributed by atoms with Crippen LogP contribution in [-0.2, 0) is 4.74 Å². The molecule has 1 N–H and O–H groups in total. The third-order valence-corrected chi connectivity index (χ3v) is 4.72. The molecule has 0 unspecified atom stereocenters. The molecule has 1 aromatic carbocycles. The summed E-state index contributed by atoms with van der Waals surface area (Å²) in [4.78, 5) is 12.7. The third kappa shape index (κ3) is 3.47. The van der Waals surface area contributed by atoms with Crippen LogP contribution in [0, 0.1) is 0 Å². The summed E-state index contributed by atoms with van der Waals surface area (Å²) in [5, 5.41) is 3.46. The molecule has 0 radical (unpaired) electrons. The van der Waals surface area contributed by atoms with E-state index in [0.717, 1.165) is 12.8 Å². The van der Waals surface area contributed by atoms with Gasteiger partial charge in [0.25, 0.3) is 5.91 Å². The van der Waals surface area contributed by atoms with Crippen LogP contribution in [0.2, 0.25) is 5.02 Å². The first-order chi connectivity index (χ1) is 11.2. The van der Waals surface area contributed by atoms with Gasteiger partial charge in [0.2, 0.25) is 0 Å². The van der Waals surface area contributed by atoms with E-state index in [1.54, 1.807) is 12.1 Å². The Hall–Kier alpha value is -1.46. The molecule has 0 saturated carbocycles. The summed E-state index contributed by atoms with van der Waals surface area (Å²) in [6.07, 6.45) is 1.54. The van der Waals surface area contributed by atoms with Gasteiger partial charge in [0.05, 0.1) is 35.5 Å². The van der Waals surface area contributed by atoms with Crippen molar-refractivity contribution in [1.29, 1.82) is 0 Å². The lowest BCUT2D eigenvalue weighted by atomic mass is 9.94. The second kappa shape index (κ2) is 6.12. The van der Waals surface area contributed by atoms with Crippen LogP contribution in [-0.4, -0.2) is 36.4 Å². The van der Waals surface area contributed by atoms with Crippen LogP contribution in [0.3, 0.4) is 0 Å². The van der Waals surface area contributed by atoms with Gasteiger partial charge in [0.1, 0.15) is 0 Å². The molecule has 0 bridgehead atoms. The fourth-order valence-electron chi connectivity index (χ4n) is 3.39. The largest absolute Gasteiger partial charge is 0.489 e. The average molecular weight is 354 g/mol. The number of nitrogens with one attached hydrogen (secondary N) is 1. The molecule has 1 saturated heterocycles. The molecule has 6 heteroatoms. The highest BCUT2D eigenvalue weighted by Crippen LogP contribution is 2.39. The summed E-state index contributed by atoms with van der Waals surface area (Å²) < 4.78 is 17.3. The van der Waals surface area contributed by atoms with E-state index in [1.165, 1.54) is 0 Å². The minimum absolute atomic E-state index is 0.0743. The number of ether oxygens (including phenoxy) is 3. The van der Waals surface area contributed by atoms with E-state index in [2.05, 4.69) is 5.32 Å². The van der Waals surface area contributed by atoms with Crippen molar-refractivity contribution in [1.82, 2.24) is 5.32 Å². The predicted octanol–water partition coefficient (Wildman–Crippen LogP) is 3.58. The predicted molar refractivity (Wildman–Crippen MR) is 92.2 cm³/mol. The monoisotopic (exact) mass is 353 g/mol. The molecule has 0 aliphatic carbocycles. The van der Waals surface area contributed by atoms with Crippen LogP contribution in [0.25, 0.3) is 0 Å². The molecule has 3 rings (SSSR count). The second-order valence-corrected chi connectivity index (χ2v) is 7.94. The molecule has 2 aliphatic heterocycles. The van der Waals surface area contributed by atoms with Crippen molar-refractivity contribution >= 4 is 17.5 Å². The quantitative estimate of drug-likeness (QED) is 0.883. The van der Waals surface area contributed by atoms with E-state index in [0.29, 0.717) is 35.3 Å². The van der Waals surface area contributed by atoms with Crippen LogP contribution in [0.1, 0.15) is 50.9 Å². The Kier molecular flexibility index (Phi) is 4.43. The van der Waals surface area contributed by atoms with Gasteiger partial charge in [-0.1, -0.05) is 11.6 Å². The summed E-state index contributed by atoms with van der Waals surface area (Å²) in [7, 11) is 0. The second-order valence-electron chi connectivity index (χ2n) is 7.53. The fraction of sp³-hybridized carbons (Fsp3) is 0.611. The molecule has 5 nitrogen and oxygen atoms in total. The van der Waals surface area contributed by atoms with E-state index < -0.39 is 5.60 Å². The molecule has 24 heavy (non-hydrogen) atoms. The van der Waals surface area contributed by atoms with Crippen LogP contribution >= 0.6 is 11.6 Å². The smallest absolute Gasteiger partial charge is 0.251 e. The molecular formula is C18H24ClNO4. The summed E-state index contributed by atoms with van der Waals surface area (Å²) in [5.41, 5.74) is -0.220. The van der Waals surface area contributed by atoms with Gasteiger partial charge in [-0.25, -0.2) is 0 Å². The molecule has 0 aromatic heterocycles. The number of rotatable bonds is 2. The average Bonchev–Trinajstić information content (AvgIpc) is 2.64. The van der Waals surface area contributed by atoms with Crippen molar-refractivity contribution in [3.63, 3.8) is 0 Å². The van der Waals surface area contributed by atoms with Crippen molar-refractivity contribution in [3.05, 3.63) is 22.7 Å². The number of carbonyl (C=O) groups excluding carboxylic acids is 1. The molecule has 1 fully saturated rings. The molecule has 132 valence electrons. The van der Waals surface area contributed by atoms with Crippen LogP contribution in [0.15, 0.2) is 12.1 Å². The van der Waals surface area contributed by atoms with E-state index in [4.69, 9.17) is 25.8 Å². The van der Waals surface area contributed by atoms with Crippen molar-refractivity contribution in [2.24, 2.45) is 0 Å². The van der Waals surface area contributed by atoms with Gasteiger partial charge in [0.15, 0.2) is 11.5 Å². The highest BCUT2D eigenvalue weighted by atomic mass is 35.5. The van der Waals surface area contributed by atoms with Gasteiger partial charge in [0, 0.05) is 12.0 Å². The van der Waals surface area contributed by atoms with E-state index in [9.17, 15) is 4.79 Å². The number of halogens is 1. The zero-order chi connectivity index (χ0) is 17.5. The fourth-order valence-corrected chi connectivity index (χ4v) is 3.66. The van der Waals surface area contributed by atoms with Gasteiger partial charge in [-0.15, -0.1) is 0 Å². The zero-order valence-electron chi connectivity index (χ0n) is 14.6. The lowest BCUT2D eigenvalue weighted by Gasteiger charge is -2.27. The molecule has 2 aliphatic rings. The Morgan fingerprint density at radius 3 is 2.58 bits per heavy atom. The first-order valence-corrected chi connectivity index (χ1v) is 8.66. The Morgan fingerprint density at radius 1 is 1.21 bits per heavy atom.